The molecule has 0 bridgehead atoms. The number of carbonyl (C=O) groups is 1. The number of hydrazone groups is 1. The first-order valence-corrected chi connectivity index (χ1v) is 8.01. The van der Waals surface area contributed by atoms with Crippen LogP contribution in [-0.2, 0) is 4.79 Å². The monoisotopic (exact) mass is 390 g/mol. The lowest BCUT2D eigenvalue weighted by atomic mass is 10.2. The summed E-state index contributed by atoms with van der Waals surface area (Å²) in [5, 5.41) is 3.95. The third kappa shape index (κ3) is 3.68. The van der Waals surface area contributed by atoms with Crippen LogP contribution in [0.1, 0.15) is 5.56 Å². The van der Waals surface area contributed by atoms with Crippen molar-refractivity contribution in [1.29, 1.82) is 0 Å². The lowest BCUT2D eigenvalue weighted by Crippen LogP contribution is -2.42. The molecule has 2 aromatic carbocycles. The molecule has 1 atom stereocenters. The highest BCUT2D eigenvalue weighted by atomic mass is 79.9. The molecule has 1 N–H and O–H groups in total. The predicted molar refractivity (Wildman–Crippen MR) is 92.8 cm³/mol. The van der Waals surface area contributed by atoms with E-state index in [0.29, 0.717) is 11.5 Å². The van der Waals surface area contributed by atoms with Gasteiger partial charge in [-0.1, -0.05) is 12.1 Å². The summed E-state index contributed by atoms with van der Waals surface area (Å²) in [5.41, 5.74) is 3.27. The van der Waals surface area contributed by atoms with Gasteiger partial charge in [0, 0.05) is 0 Å². The third-order valence-electron chi connectivity index (χ3n) is 3.37. The summed E-state index contributed by atoms with van der Waals surface area (Å²) in [4.78, 5) is 12.1. The van der Waals surface area contributed by atoms with E-state index in [1.807, 2.05) is 30.3 Å². The first-order chi connectivity index (χ1) is 11.7. The summed E-state index contributed by atoms with van der Waals surface area (Å²) in [6.07, 6.45) is 0.805. The molecule has 1 heterocycles. The van der Waals surface area contributed by atoms with E-state index < -0.39 is 6.10 Å². The Morgan fingerprint density at radius 3 is 2.88 bits per heavy atom. The highest BCUT2D eigenvalue weighted by molar-refractivity contribution is 9.10. The number of carbonyl (C=O) groups excluding carboxylic acids is 1. The number of hydrogen-bond acceptors (Lipinski definition) is 5. The predicted octanol–water partition coefficient (Wildman–Crippen LogP) is 2.75. The first-order valence-electron chi connectivity index (χ1n) is 7.22. The van der Waals surface area contributed by atoms with Crippen molar-refractivity contribution in [2.24, 2.45) is 5.10 Å². The average Bonchev–Trinajstić information content (AvgIpc) is 2.61. The van der Waals surface area contributed by atoms with Crippen LogP contribution < -0.4 is 19.6 Å². The molecule has 7 heteroatoms. The normalized spacial score (nSPS) is 16.0. The fraction of sp³-hybridized carbons (Fsp3) is 0.176. The molecule has 6 nitrogen and oxygen atoms in total. The molecule has 0 fully saturated rings. The molecule has 1 aliphatic heterocycles. The molecule has 1 amide bonds. The van der Waals surface area contributed by atoms with E-state index >= 15 is 0 Å². The van der Waals surface area contributed by atoms with Crippen LogP contribution >= 0.6 is 15.9 Å². The lowest BCUT2D eigenvalue weighted by molar-refractivity contribution is -0.130. The number of methoxy groups -OCH3 is 1. The largest absolute Gasteiger partial charge is 0.496 e. The number of nitrogens with one attached hydrogen (secondary N) is 1. The number of benzene rings is 2. The number of ether oxygens (including phenoxy) is 3. The maximum atomic E-state index is 12.1. The summed E-state index contributed by atoms with van der Waals surface area (Å²) >= 11 is 3.40. The van der Waals surface area contributed by atoms with Gasteiger partial charge >= 0.3 is 0 Å². The number of nitrogens with zero attached hydrogens (tertiary/aromatic N) is 1. The maximum Gasteiger partial charge on any atom is 0.284 e. The molecule has 2 aromatic rings. The Balaban J connectivity index is 1.59. The molecular formula is C17H15BrN2O4. The zero-order valence-electron chi connectivity index (χ0n) is 12.9. The van der Waals surface area contributed by atoms with Crippen LogP contribution in [0, 0.1) is 0 Å². The first kappa shape index (κ1) is 16.3. The molecule has 0 aliphatic carbocycles. The van der Waals surface area contributed by atoms with Crippen LogP contribution in [0.25, 0.3) is 0 Å². The molecule has 124 valence electrons. The molecule has 0 aromatic heterocycles. The summed E-state index contributed by atoms with van der Waals surface area (Å²) in [6.45, 7) is 0.145. The van der Waals surface area contributed by atoms with Gasteiger partial charge in [-0.25, -0.2) is 5.43 Å². The van der Waals surface area contributed by atoms with E-state index in [0.717, 1.165) is 15.8 Å². The Morgan fingerprint density at radius 2 is 2.12 bits per heavy atom. The number of hydrogen-bond donors (Lipinski definition) is 1. The fourth-order valence-electron chi connectivity index (χ4n) is 2.15. The highest BCUT2D eigenvalue weighted by Gasteiger charge is 2.26. The van der Waals surface area contributed by atoms with Gasteiger partial charge in [0.15, 0.2) is 11.5 Å². The Hall–Kier alpha value is -2.54. The van der Waals surface area contributed by atoms with Gasteiger partial charge in [0.2, 0.25) is 6.10 Å². The van der Waals surface area contributed by atoms with E-state index in [1.54, 1.807) is 25.5 Å². The van der Waals surface area contributed by atoms with Gasteiger partial charge in [0.05, 0.1) is 17.8 Å². The SMILES string of the molecule is COc1ccc(/C=N/NC(=O)C2COc3ccccc3O2)cc1Br. The topological polar surface area (TPSA) is 69.2 Å². The van der Waals surface area contributed by atoms with Gasteiger partial charge in [0.1, 0.15) is 12.4 Å². The molecule has 0 saturated carbocycles. The number of rotatable bonds is 4. The average molecular weight is 391 g/mol. The molecule has 3 rings (SSSR count). The van der Waals surface area contributed by atoms with Crippen molar-refractivity contribution in [3.63, 3.8) is 0 Å². The summed E-state index contributed by atoms with van der Waals surface area (Å²) in [5.74, 6) is 1.54. The molecule has 1 unspecified atom stereocenters. The van der Waals surface area contributed by atoms with Crippen molar-refractivity contribution in [1.82, 2.24) is 5.43 Å². The van der Waals surface area contributed by atoms with Crippen molar-refractivity contribution >= 4 is 28.1 Å². The van der Waals surface area contributed by atoms with Crippen molar-refractivity contribution < 1.29 is 19.0 Å². The van der Waals surface area contributed by atoms with E-state index in [9.17, 15) is 4.79 Å². The summed E-state index contributed by atoms with van der Waals surface area (Å²) in [7, 11) is 1.60. The minimum Gasteiger partial charge on any atom is -0.496 e. The van der Waals surface area contributed by atoms with Crippen LogP contribution in [0.3, 0.4) is 0 Å². The van der Waals surface area contributed by atoms with Gasteiger partial charge in [0.25, 0.3) is 5.91 Å². The quantitative estimate of drug-likeness (QED) is 0.643. The van der Waals surface area contributed by atoms with E-state index in [1.165, 1.54) is 0 Å². The second-order valence-corrected chi connectivity index (χ2v) is 5.85. The molecular weight excluding hydrogens is 376 g/mol. The van der Waals surface area contributed by atoms with Crippen molar-refractivity contribution in [3.8, 4) is 17.2 Å². The van der Waals surface area contributed by atoms with Gasteiger partial charge in [-0.2, -0.15) is 5.10 Å². The lowest BCUT2D eigenvalue weighted by Gasteiger charge is -2.24. The smallest absolute Gasteiger partial charge is 0.284 e. The van der Waals surface area contributed by atoms with Gasteiger partial charge in [-0.05, 0) is 51.8 Å². The Morgan fingerprint density at radius 1 is 1.33 bits per heavy atom. The van der Waals surface area contributed by atoms with Crippen LogP contribution in [0.2, 0.25) is 0 Å². The van der Waals surface area contributed by atoms with Gasteiger partial charge in [-0.3, -0.25) is 4.79 Å². The standard InChI is InChI=1S/C17H15BrN2O4/c1-22-13-7-6-11(8-12(13)18)9-19-20-17(21)16-10-23-14-4-2-3-5-15(14)24-16/h2-9,16H,10H2,1H3,(H,20,21)/b19-9+. The van der Waals surface area contributed by atoms with Gasteiger partial charge < -0.3 is 14.2 Å². The van der Waals surface area contributed by atoms with Crippen LogP contribution in [0.15, 0.2) is 52.0 Å². The number of amides is 1. The summed E-state index contributed by atoms with van der Waals surface area (Å²) < 4.78 is 17.1. The number of para-hydroxylation sites is 2. The Kier molecular flexibility index (Phi) is 5.00. The number of halogens is 1. The van der Waals surface area contributed by atoms with E-state index in [-0.39, 0.29) is 12.5 Å². The molecule has 0 saturated heterocycles. The Bertz CT molecular complexity index is 779. The van der Waals surface area contributed by atoms with Crippen molar-refractivity contribution in [3.05, 3.63) is 52.5 Å². The van der Waals surface area contributed by atoms with Crippen LogP contribution in [0.4, 0.5) is 0 Å². The molecule has 0 radical (unpaired) electrons. The highest BCUT2D eigenvalue weighted by Crippen LogP contribution is 2.30. The zero-order chi connectivity index (χ0) is 16.9. The second-order valence-electron chi connectivity index (χ2n) is 4.99. The van der Waals surface area contributed by atoms with Crippen LogP contribution in [-0.4, -0.2) is 31.9 Å². The fourth-order valence-corrected chi connectivity index (χ4v) is 2.71. The zero-order valence-corrected chi connectivity index (χ0v) is 14.4. The minimum atomic E-state index is -0.736. The van der Waals surface area contributed by atoms with E-state index in [2.05, 4.69) is 26.5 Å². The number of fused-ring (bicyclic) bond motifs is 1. The van der Waals surface area contributed by atoms with Crippen molar-refractivity contribution in [2.75, 3.05) is 13.7 Å². The molecule has 1 aliphatic rings. The minimum absolute atomic E-state index is 0.145. The summed E-state index contributed by atoms with van der Waals surface area (Å²) in [6, 6.07) is 12.7. The van der Waals surface area contributed by atoms with Gasteiger partial charge in [-0.15, -0.1) is 0 Å². The third-order valence-corrected chi connectivity index (χ3v) is 3.98. The van der Waals surface area contributed by atoms with E-state index in [4.69, 9.17) is 14.2 Å². The van der Waals surface area contributed by atoms with Crippen molar-refractivity contribution in [2.45, 2.75) is 6.10 Å². The molecule has 0 spiro atoms. The van der Waals surface area contributed by atoms with Crippen LogP contribution in [0.5, 0.6) is 17.2 Å². The molecule has 24 heavy (non-hydrogen) atoms. The maximum absolute atomic E-state index is 12.1. The Labute approximate surface area is 147 Å². The second kappa shape index (κ2) is 7.35.